The number of nitriles is 1. The lowest BCUT2D eigenvalue weighted by Crippen LogP contribution is -2.21. The molecular formula is C8H8N2OS. The van der Waals surface area contributed by atoms with Gasteiger partial charge in [-0.05, 0) is 19.1 Å². The Kier molecular flexibility index (Phi) is 2.83. The Morgan fingerprint density at radius 1 is 1.75 bits per heavy atom. The minimum absolute atomic E-state index is 0.107. The van der Waals surface area contributed by atoms with Gasteiger partial charge in [0.05, 0.1) is 4.88 Å². The van der Waals surface area contributed by atoms with E-state index in [1.54, 1.807) is 12.1 Å². The fourth-order valence-corrected chi connectivity index (χ4v) is 1.49. The zero-order valence-corrected chi connectivity index (χ0v) is 7.44. The van der Waals surface area contributed by atoms with Crippen molar-refractivity contribution in [1.82, 2.24) is 5.32 Å². The SMILES string of the molecule is CCNC(=O)c1ccc(C#N)s1. The van der Waals surface area contributed by atoms with Crippen molar-refractivity contribution in [2.24, 2.45) is 0 Å². The van der Waals surface area contributed by atoms with Crippen molar-refractivity contribution in [3.05, 3.63) is 21.9 Å². The summed E-state index contributed by atoms with van der Waals surface area (Å²) in [5, 5.41) is 11.2. The second kappa shape index (κ2) is 3.88. The van der Waals surface area contributed by atoms with E-state index in [1.165, 1.54) is 11.3 Å². The van der Waals surface area contributed by atoms with Crippen LogP contribution in [0.1, 0.15) is 21.5 Å². The van der Waals surface area contributed by atoms with Crippen molar-refractivity contribution in [2.75, 3.05) is 6.54 Å². The molecule has 1 aromatic rings. The Morgan fingerprint density at radius 3 is 3.00 bits per heavy atom. The van der Waals surface area contributed by atoms with Crippen LogP contribution in [0.4, 0.5) is 0 Å². The van der Waals surface area contributed by atoms with E-state index in [2.05, 4.69) is 5.32 Å². The predicted molar refractivity (Wildman–Crippen MR) is 47.0 cm³/mol. The van der Waals surface area contributed by atoms with Gasteiger partial charge in [0.15, 0.2) is 0 Å². The molecule has 0 aromatic carbocycles. The zero-order chi connectivity index (χ0) is 8.97. The normalized spacial score (nSPS) is 9.00. The Bertz CT molecular complexity index is 324. The van der Waals surface area contributed by atoms with Gasteiger partial charge >= 0.3 is 0 Å². The molecule has 1 aromatic heterocycles. The summed E-state index contributed by atoms with van der Waals surface area (Å²) in [6, 6.07) is 5.29. The van der Waals surface area contributed by atoms with Crippen LogP contribution in [0.3, 0.4) is 0 Å². The number of carbonyl (C=O) groups is 1. The first-order valence-corrected chi connectivity index (χ1v) is 4.37. The number of nitrogens with one attached hydrogen (secondary N) is 1. The van der Waals surface area contributed by atoms with Crippen LogP contribution in [0.15, 0.2) is 12.1 Å². The Labute approximate surface area is 74.6 Å². The van der Waals surface area contributed by atoms with Crippen LogP contribution in [-0.2, 0) is 0 Å². The molecule has 3 nitrogen and oxygen atoms in total. The topological polar surface area (TPSA) is 52.9 Å². The quantitative estimate of drug-likeness (QED) is 0.747. The Morgan fingerprint density at radius 2 is 2.50 bits per heavy atom. The lowest BCUT2D eigenvalue weighted by atomic mass is 10.4. The Balaban J connectivity index is 2.76. The smallest absolute Gasteiger partial charge is 0.261 e. The molecule has 0 spiro atoms. The van der Waals surface area contributed by atoms with E-state index in [1.807, 2.05) is 13.0 Å². The number of hydrogen-bond donors (Lipinski definition) is 1. The molecule has 0 bridgehead atoms. The largest absolute Gasteiger partial charge is 0.352 e. The molecular weight excluding hydrogens is 172 g/mol. The first-order valence-electron chi connectivity index (χ1n) is 3.56. The molecule has 0 unspecified atom stereocenters. The van der Waals surface area contributed by atoms with E-state index in [4.69, 9.17) is 5.26 Å². The van der Waals surface area contributed by atoms with Crippen molar-refractivity contribution in [1.29, 1.82) is 5.26 Å². The number of nitrogens with zero attached hydrogens (tertiary/aromatic N) is 1. The van der Waals surface area contributed by atoms with Gasteiger partial charge in [0.2, 0.25) is 0 Å². The number of hydrogen-bond acceptors (Lipinski definition) is 3. The second-order valence-electron chi connectivity index (χ2n) is 2.14. The third-order valence-electron chi connectivity index (χ3n) is 1.28. The minimum Gasteiger partial charge on any atom is -0.352 e. The monoisotopic (exact) mass is 180 g/mol. The highest BCUT2D eigenvalue weighted by molar-refractivity contribution is 7.14. The molecule has 0 fully saturated rings. The molecule has 1 amide bonds. The van der Waals surface area contributed by atoms with E-state index < -0.39 is 0 Å². The van der Waals surface area contributed by atoms with Crippen LogP contribution in [0.25, 0.3) is 0 Å². The van der Waals surface area contributed by atoms with E-state index >= 15 is 0 Å². The summed E-state index contributed by atoms with van der Waals surface area (Å²) in [5.74, 6) is -0.107. The third-order valence-corrected chi connectivity index (χ3v) is 2.27. The maximum absolute atomic E-state index is 11.2. The average Bonchev–Trinajstić information content (AvgIpc) is 2.52. The third kappa shape index (κ3) is 1.83. The summed E-state index contributed by atoms with van der Waals surface area (Å²) in [6.07, 6.45) is 0. The van der Waals surface area contributed by atoms with Crippen LogP contribution in [-0.4, -0.2) is 12.5 Å². The lowest BCUT2D eigenvalue weighted by Gasteiger charge is -1.95. The highest BCUT2D eigenvalue weighted by Crippen LogP contribution is 2.14. The number of carbonyl (C=O) groups excluding carboxylic acids is 1. The summed E-state index contributed by atoms with van der Waals surface area (Å²) in [5.41, 5.74) is 0. The number of amides is 1. The molecule has 1 rings (SSSR count). The van der Waals surface area contributed by atoms with Crippen molar-refractivity contribution < 1.29 is 4.79 Å². The fraction of sp³-hybridized carbons (Fsp3) is 0.250. The summed E-state index contributed by atoms with van der Waals surface area (Å²) < 4.78 is 0. The van der Waals surface area contributed by atoms with Crippen LogP contribution in [0, 0.1) is 11.3 Å². The van der Waals surface area contributed by atoms with Gasteiger partial charge in [-0.2, -0.15) is 5.26 Å². The summed E-state index contributed by atoms with van der Waals surface area (Å²) >= 11 is 1.21. The predicted octanol–water partition coefficient (Wildman–Crippen LogP) is 1.37. The van der Waals surface area contributed by atoms with Crippen LogP contribution in [0.5, 0.6) is 0 Å². The lowest BCUT2D eigenvalue weighted by molar-refractivity contribution is 0.0960. The highest BCUT2D eigenvalue weighted by Gasteiger charge is 2.06. The molecule has 0 aliphatic carbocycles. The Hall–Kier alpha value is -1.34. The summed E-state index contributed by atoms with van der Waals surface area (Å²) in [6.45, 7) is 2.47. The molecule has 0 aliphatic rings. The van der Waals surface area contributed by atoms with E-state index in [0.717, 1.165) is 0 Å². The molecule has 0 atom stereocenters. The summed E-state index contributed by atoms with van der Waals surface area (Å²) in [4.78, 5) is 12.3. The molecule has 0 aliphatic heterocycles. The first-order chi connectivity index (χ1) is 5.77. The van der Waals surface area contributed by atoms with Gasteiger partial charge in [-0.3, -0.25) is 4.79 Å². The van der Waals surface area contributed by atoms with Gasteiger partial charge in [0.25, 0.3) is 5.91 Å². The van der Waals surface area contributed by atoms with Crippen LogP contribution >= 0.6 is 11.3 Å². The van der Waals surface area contributed by atoms with E-state index in [-0.39, 0.29) is 5.91 Å². The molecule has 0 radical (unpaired) electrons. The standard InChI is InChI=1S/C8H8N2OS/c1-2-10-8(11)7-4-3-6(5-9)12-7/h3-4H,2H2,1H3,(H,10,11). The number of rotatable bonds is 2. The van der Waals surface area contributed by atoms with Crippen molar-refractivity contribution in [3.63, 3.8) is 0 Å². The average molecular weight is 180 g/mol. The van der Waals surface area contributed by atoms with Crippen molar-refractivity contribution >= 4 is 17.2 Å². The van der Waals surface area contributed by atoms with Gasteiger partial charge in [-0.1, -0.05) is 0 Å². The highest BCUT2D eigenvalue weighted by atomic mass is 32.1. The minimum atomic E-state index is -0.107. The van der Waals surface area contributed by atoms with E-state index in [9.17, 15) is 4.79 Å². The van der Waals surface area contributed by atoms with Gasteiger partial charge in [-0.25, -0.2) is 0 Å². The second-order valence-corrected chi connectivity index (χ2v) is 3.22. The molecule has 62 valence electrons. The summed E-state index contributed by atoms with van der Waals surface area (Å²) in [7, 11) is 0. The van der Waals surface area contributed by atoms with Gasteiger partial charge in [-0.15, -0.1) is 11.3 Å². The fourth-order valence-electron chi connectivity index (χ4n) is 0.768. The first kappa shape index (κ1) is 8.75. The maximum atomic E-state index is 11.2. The van der Waals surface area contributed by atoms with Crippen LogP contribution < -0.4 is 5.32 Å². The maximum Gasteiger partial charge on any atom is 0.261 e. The van der Waals surface area contributed by atoms with Crippen molar-refractivity contribution in [3.8, 4) is 6.07 Å². The molecule has 0 saturated carbocycles. The number of thiophene rings is 1. The molecule has 0 saturated heterocycles. The van der Waals surface area contributed by atoms with Gasteiger partial charge in [0, 0.05) is 6.54 Å². The van der Waals surface area contributed by atoms with Crippen LogP contribution in [0.2, 0.25) is 0 Å². The molecule has 1 N–H and O–H groups in total. The van der Waals surface area contributed by atoms with E-state index in [0.29, 0.717) is 16.3 Å². The zero-order valence-electron chi connectivity index (χ0n) is 6.63. The van der Waals surface area contributed by atoms with Crippen molar-refractivity contribution in [2.45, 2.75) is 6.92 Å². The molecule has 1 heterocycles. The molecule has 4 heteroatoms. The molecule has 12 heavy (non-hydrogen) atoms. The van der Waals surface area contributed by atoms with Gasteiger partial charge in [0.1, 0.15) is 10.9 Å². The van der Waals surface area contributed by atoms with Gasteiger partial charge < -0.3 is 5.32 Å².